The Hall–Kier alpha value is -3.27. The molecule has 3 N–H and O–H groups in total. The van der Waals surface area contributed by atoms with Gasteiger partial charge in [0.2, 0.25) is 15.9 Å². The van der Waals surface area contributed by atoms with E-state index in [-0.39, 0.29) is 28.4 Å². The Morgan fingerprint density at radius 2 is 1.61 bits per heavy atom. The summed E-state index contributed by atoms with van der Waals surface area (Å²) in [6, 6.07) is 17.4. The number of nitrogens with one attached hydrogen (secondary N) is 2. The van der Waals surface area contributed by atoms with Gasteiger partial charge in [-0.3, -0.25) is 9.59 Å². The van der Waals surface area contributed by atoms with E-state index in [4.69, 9.17) is 11.6 Å². The van der Waals surface area contributed by atoms with E-state index in [1.807, 2.05) is 30.3 Å². The summed E-state index contributed by atoms with van der Waals surface area (Å²) in [4.78, 5) is 23.6. The van der Waals surface area contributed by atoms with E-state index in [1.165, 1.54) is 24.3 Å². The summed E-state index contributed by atoms with van der Waals surface area (Å²) in [5, 5.41) is 11.7. The quantitative estimate of drug-likeness (QED) is 0.414. The van der Waals surface area contributed by atoms with Gasteiger partial charge in [0, 0.05) is 12.1 Å². The normalized spacial score (nSPS) is 12.2. The highest BCUT2D eigenvalue weighted by Gasteiger charge is 2.26. The number of carboxylic acids is 1. The lowest BCUT2D eigenvalue weighted by Gasteiger charge is -2.15. The van der Waals surface area contributed by atoms with Crippen LogP contribution in [0.5, 0.6) is 0 Å². The molecule has 3 rings (SSSR count). The van der Waals surface area contributed by atoms with Gasteiger partial charge < -0.3 is 10.4 Å². The minimum Gasteiger partial charge on any atom is -0.480 e. The van der Waals surface area contributed by atoms with Crippen molar-refractivity contribution < 1.29 is 27.5 Å². The third-order valence-corrected chi connectivity index (χ3v) is 6.51. The van der Waals surface area contributed by atoms with Crippen molar-refractivity contribution in [1.82, 2.24) is 4.72 Å². The van der Waals surface area contributed by atoms with Crippen LogP contribution < -0.4 is 10.0 Å². The molecule has 0 radical (unpaired) electrons. The van der Waals surface area contributed by atoms with Crippen LogP contribution in [0.25, 0.3) is 11.1 Å². The molecule has 0 heterocycles. The summed E-state index contributed by atoms with van der Waals surface area (Å²) in [6.07, 6.45) is -0.584. The summed E-state index contributed by atoms with van der Waals surface area (Å²) in [5.41, 5.74) is 1.95. The molecule has 0 aromatic heterocycles. The van der Waals surface area contributed by atoms with Crippen LogP contribution in [-0.4, -0.2) is 31.4 Å². The summed E-state index contributed by atoms with van der Waals surface area (Å²) >= 11 is 5.66. The maximum absolute atomic E-state index is 13.2. The Bertz CT molecular complexity index is 1250. The smallest absolute Gasteiger partial charge is 0.321 e. The van der Waals surface area contributed by atoms with Crippen LogP contribution in [0.3, 0.4) is 0 Å². The zero-order valence-electron chi connectivity index (χ0n) is 17.2. The molecule has 1 atom stereocenters. The standard InChI is InChI=1S/C23H20ClFN2O5S/c24-19-14-17(8-11-20(19)25)26-22(28)13-12-21(23(29)30)27-33(31,32)18-9-6-16(7-10-18)15-4-2-1-3-5-15/h1-11,14,21,27H,12-13H2,(H,26,28)(H,29,30)/t21-/m0/s1. The van der Waals surface area contributed by atoms with E-state index in [9.17, 15) is 27.5 Å². The van der Waals surface area contributed by atoms with Gasteiger partial charge in [0.1, 0.15) is 11.9 Å². The summed E-state index contributed by atoms with van der Waals surface area (Å²) in [7, 11) is -4.14. The number of sulfonamides is 1. The Kier molecular flexibility index (Phi) is 7.80. The van der Waals surface area contributed by atoms with Gasteiger partial charge in [0.25, 0.3) is 0 Å². The van der Waals surface area contributed by atoms with E-state index < -0.39 is 33.8 Å². The van der Waals surface area contributed by atoms with Crippen LogP contribution in [0.15, 0.2) is 77.7 Å². The number of anilines is 1. The third kappa shape index (κ3) is 6.61. The monoisotopic (exact) mass is 490 g/mol. The molecule has 1 amide bonds. The molecular formula is C23H20ClFN2O5S. The lowest BCUT2D eigenvalue weighted by atomic mass is 10.1. The molecule has 10 heteroatoms. The number of aliphatic carboxylic acids is 1. The average molecular weight is 491 g/mol. The Morgan fingerprint density at radius 1 is 0.970 bits per heavy atom. The molecule has 0 spiro atoms. The van der Waals surface area contributed by atoms with E-state index in [1.54, 1.807) is 12.1 Å². The zero-order chi connectivity index (χ0) is 24.0. The molecule has 0 saturated carbocycles. The lowest BCUT2D eigenvalue weighted by molar-refractivity contribution is -0.139. The van der Waals surface area contributed by atoms with Crippen LogP contribution >= 0.6 is 11.6 Å². The highest BCUT2D eigenvalue weighted by molar-refractivity contribution is 7.89. The van der Waals surface area contributed by atoms with E-state index >= 15 is 0 Å². The second-order valence-electron chi connectivity index (χ2n) is 7.12. The van der Waals surface area contributed by atoms with Crippen molar-refractivity contribution in [3.05, 3.63) is 83.6 Å². The van der Waals surface area contributed by atoms with Gasteiger partial charge in [0.05, 0.1) is 9.92 Å². The number of rotatable bonds is 9. The van der Waals surface area contributed by atoms with Gasteiger partial charge in [-0.15, -0.1) is 0 Å². The first kappa shape index (κ1) is 24.4. The van der Waals surface area contributed by atoms with Gasteiger partial charge in [-0.05, 0) is 47.9 Å². The van der Waals surface area contributed by atoms with Crippen LogP contribution in [0.2, 0.25) is 5.02 Å². The van der Waals surface area contributed by atoms with Gasteiger partial charge in [0.15, 0.2) is 0 Å². The van der Waals surface area contributed by atoms with Crippen molar-refractivity contribution in [1.29, 1.82) is 0 Å². The van der Waals surface area contributed by atoms with Crippen LogP contribution in [0.1, 0.15) is 12.8 Å². The molecule has 0 bridgehead atoms. The molecular weight excluding hydrogens is 471 g/mol. The topological polar surface area (TPSA) is 113 Å². The number of benzene rings is 3. The molecule has 0 unspecified atom stereocenters. The molecule has 0 fully saturated rings. The molecule has 3 aromatic carbocycles. The fourth-order valence-corrected chi connectivity index (χ4v) is 4.42. The maximum atomic E-state index is 13.2. The molecule has 0 aliphatic rings. The van der Waals surface area contributed by atoms with Crippen molar-refractivity contribution in [2.45, 2.75) is 23.8 Å². The first-order valence-electron chi connectivity index (χ1n) is 9.81. The highest BCUT2D eigenvalue weighted by atomic mass is 35.5. The second-order valence-corrected chi connectivity index (χ2v) is 9.24. The van der Waals surface area contributed by atoms with Crippen molar-refractivity contribution in [3.63, 3.8) is 0 Å². The number of amides is 1. The molecule has 33 heavy (non-hydrogen) atoms. The van der Waals surface area contributed by atoms with Gasteiger partial charge in [-0.1, -0.05) is 54.1 Å². The number of carbonyl (C=O) groups is 2. The number of hydrogen-bond acceptors (Lipinski definition) is 4. The summed E-state index contributed by atoms with van der Waals surface area (Å²) < 4.78 is 40.7. The number of carbonyl (C=O) groups excluding carboxylic acids is 1. The third-order valence-electron chi connectivity index (χ3n) is 4.73. The Labute approximate surface area is 195 Å². The predicted octanol–water partition coefficient (Wildman–Crippen LogP) is 4.30. The van der Waals surface area contributed by atoms with Crippen molar-refractivity contribution in [2.75, 3.05) is 5.32 Å². The van der Waals surface area contributed by atoms with E-state index in [2.05, 4.69) is 10.0 Å². The highest BCUT2D eigenvalue weighted by Crippen LogP contribution is 2.22. The fourth-order valence-electron chi connectivity index (χ4n) is 3.02. The average Bonchev–Trinajstić information content (AvgIpc) is 2.79. The van der Waals surface area contributed by atoms with E-state index in [0.29, 0.717) is 0 Å². The van der Waals surface area contributed by atoms with Gasteiger partial charge in [-0.25, -0.2) is 12.8 Å². The molecule has 0 aliphatic heterocycles. The minimum absolute atomic E-state index is 0.0983. The van der Waals surface area contributed by atoms with Gasteiger partial charge >= 0.3 is 5.97 Å². The lowest BCUT2D eigenvalue weighted by Crippen LogP contribution is -2.41. The summed E-state index contributed by atoms with van der Waals surface area (Å²) in [6.45, 7) is 0. The molecule has 172 valence electrons. The SMILES string of the molecule is O=C(CC[C@H](NS(=O)(=O)c1ccc(-c2ccccc2)cc1)C(=O)O)Nc1ccc(F)c(Cl)c1. The number of carboxylic acid groups (broad SMARTS) is 1. The number of hydrogen-bond donors (Lipinski definition) is 3. The largest absolute Gasteiger partial charge is 0.480 e. The Morgan fingerprint density at radius 3 is 2.21 bits per heavy atom. The zero-order valence-corrected chi connectivity index (χ0v) is 18.7. The van der Waals surface area contributed by atoms with E-state index in [0.717, 1.165) is 17.2 Å². The second kappa shape index (κ2) is 10.6. The van der Waals surface area contributed by atoms with Crippen molar-refractivity contribution in [2.24, 2.45) is 0 Å². The van der Waals surface area contributed by atoms with Gasteiger partial charge in [-0.2, -0.15) is 4.72 Å². The molecule has 0 aliphatic carbocycles. The molecule has 3 aromatic rings. The maximum Gasteiger partial charge on any atom is 0.321 e. The predicted molar refractivity (Wildman–Crippen MR) is 123 cm³/mol. The fraction of sp³-hybridized carbons (Fsp3) is 0.130. The van der Waals surface area contributed by atoms with Crippen LogP contribution in [0.4, 0.5) is 10.1 Å². The van der Waals surface area contributed by atoms with Crippen molar-refractivity contribution >= 4 is 39.2 Å². The minimum atomic E-state index is -4.14. The Balaban J connectivity index is 1.64. The molecule has 7 nitrogen and oxygen atoms in total. The van der Waals surface area contributed by atoms with Crippen molar-refractivity contribution in [3.8, 4) is 11.1 Å². The summed E-state index contributed by atoms with van der Waals surface area (Å²) in [5.74, 6) is -2.64. The number of halogens is 2. The first-order chi connectivity index (χ1) is 15.7. The molecule has 0 saturated heterocycles. The first-order valence-corrected chi connectivity index (χ1v) is 11.7. The van der Waals surface area contributed by atoms with Crippen LogP contribution in [0, 0.1) is 5.82 Å². The van der Waals surface area contributed by atoms with Crippen LogP contribution in [-0.2, 0) is 19.6 Å².